The van der Waals surface area contributed by atoms with Crippen LogP contribution in [-0.2, 0) is 21.2 Å². The number of hydrogen-bond acceptors (Lipinski definition) is 6. The smallest absolute Gasteiger partial charge is 0.235 e. The van der Waals surface area contributed by atoms with E-state index in [0.29, 0.717) is 18.1 Å². The quantitative estimate of drug-likeness (QED) is 0.681. The number of carbonyl (C=O) groups is 1. The average molecular weight is 409 g/mol. The number of amides is 1. The molecule has 0 unspecified atom stereocenters. The largest absolute Gasteiger partial charge is 0.341 e. The molecule has 7 nitrogen and oxygen atoms in total. The highest BCUT2D eigenvalue weighted by molar-refractivity contribution is 8.00. The highest BCUT2D eigenvalue weighted by atomic mass is 32.2. The van der Waals surface area contributed by atoms with Crippen molar-refractivity contribution >= 4 is 27.5 Å². The van der Waals surface area contributed by atoms with Crippen LogP contribution >= 0.6 is 11.8 Å². The molecule has 1 aliphatic rings. The van der Waals surface area contributed by atoms with Crippen LogP contribution in [0.3, 0.4) is 0 Å². The van der Waals surface area contributed by atoms with Gasteiger partial charge in [0.15, 0.2) is 20.8 Å². The van der Waals surface area contributed by atoms with E-state index in [1.807, 2.05) is 48.7 Å². The number of aromatic nitrogens is 3. The molecule has 0 spiro atoms. The van der Waals surface area contributed by atoms with Crippen molar-refractivity contribution in [3.63, 3.8) is 0 Å². The lowest BCUT2D eigenvalue weighted by Gasteiger charge is -2.26. The summed E-state index contributed by atoms with van der Waals surface area (Å²) in [5.41, 5.74) is 0.978. The molecule has 2 heterocycles. The van der Waals surface area contributed by atoms with Crippen LogP contribution in [0.4, 0.5) is 0 Å². The molecule has 2 atom stereocenters. The molecule has 0 bridgehead atoms. The van der Waals surface area contributed by atoms with Crippen molar-refractivity contribution in [2.75, 3.05) is 18.6 Å². The average Bonchev–Trinajstić information content (AvgIpc) is 3.23. The maximum atomic E-state index is 12.8. The summed E-state index contributed by atoms with van der Waals surface area (Å²) in [5, 5.41) is 8.88. The monoisotopic (exact) mass is 408 g/mol. The second-order valence-corrected chi connectivity index (χ2v) is 10.2. The number of sulfone groups is 1. The van der Waals surface area contributed by atoms with Gasteiger partial charge in [-0.15, -0.1) is 10.2 Å². The molecule has 1 amide bonds. The fourth-order valence-electron chi connectivity index (χ4n) is 3.22. The van der Waals surface area contributed by atoms with Crippen LogP contribution in [0.2, 0.25) is 0 Å². The van der Waals surface area contributed by atoms with Gasteiger partial charge in [0.05, 0.1) is 16.8 Å². The van der Waals surface area contributed by atoms with Crippen LogP contribution in [0, 0.1) is 0 Å². The van der Waals surface area contributed by atoms with E-state index >= 15 is 0 Å². The number of rotatable bonds is 6. The molecule has 3 rings (SSSR count). The SMILES string of the molecule is CCn1c(S[C@H](C)C(=O)N(C)[C@@H]2CCS(=O)(=O)C2)nnc1-c1ccccc1. The molecule has 0 saturated carbocycles. The van der Waals surface area contributed by atoms with Crippen LogP contribution in [0.25, 0.3) is 11.4 Å². The summed E-state index contributed by atoms with van der Waals surface area (Å²) in [6, 6.07) is 9.57. The van der Waals surface area contributed by atoms with Crippen molar-refractivity contribution < 1.29 is 13.2 Å². The number of carbonyl (C=O) groups excluding carboxylic acids is 1. The van der Waals surface area contributed by atoms with Crippen LogP contribution in [0.15, 0.2) is 35.5 Å². The first-order valence-electron chi connectivity index (χ1n) is 8.94. The summed E-state index contributed by atoms with van der Waals surface area (Å²) >= 11 is 1.35. The fourth-order valence-corrected chi connectivity index (χ4v) is 6.01. The molecule has 9 heteroatoms. The molecule has 1 saturated heterocycles. The molecular weight excluding hydrogens is 384 g/mol. The van der Waals surface area contributed by atoms with E-state index in [-0.39, 0.29) is 28.7 Å². The normalized spacial score (nSPS) is 19.7. The van der Waals surface area contributed by atoms with Gasteiger partial charge in [0.2, 0.25) is 5.91 Å². The maximum Gasteiger partial charge on any atom is 0.235 e. The Kier molecular flexibility index (Phi) is 5.90. The molecule has 1 aromatic carbocycles. The van der Waals surface area contributed by atoms with E-state index in [4.69, 9.17) is 0 Å². The van der Waals surface area contributed by atoms with E-state index < -0.39 is 9.84 Å². The molecule has 1 fully saturated rings. The highest BCUT2D eigenvalue weighted by Gasteiger charge is 2.34. The van der Waals surface area contributed by atoms with Gasteiger partial charge in [0, 0.05) is 25.2 Å². The van der Waals surface area contributed by atoms with Gasteiger partial charge in [-0.1, -0.05) is 42.1 Å². The van der Waals surface area contributed by atoms with E-state index in [1.54, 1.807) is 11.9 Å². The molecule has 1 aliphatic heterocycles. The van der Waals surface area contributed by atoms with Crippen molar-refractivity contribution in [2.24, 2.45) is 0 Å². The molecule has 0 aliphatic carbocycles. The van der Waals surface area contributed by atoms with Crippen LogP contribution < -0.4 is 0 Å². The summed E-state index contributed by atoms with van der Waals surface area (Å²) in [5.74, 6) is 0.890. The van der Waals surface area contributed by atoms with E-state index in [0.717, 1.165) is 11.4 Å². The zero-order valence-corrected chi connectivity index (χ0v) is 17.3. The highest BCUT2D eigenvalue weighted by Crippen LogP contribution is 2.28. The number of hydrogen-bond donors (Lipinski definition) is 0. The Labute approximate surface area is 164 Å². The van der Waals surface area contributed by atoms with Gasteiger partial charge < -0.3 is 9.47 Å². The van der Waals surface area contributed by atoms with E-state index in [2.05, 4.69) is 10.2 Å². The minimum Gasteiger partial charge on any atom is -0.341 e. The van der Waals surface area contributed by atoms with Gasteiger partial charge >= 0.3 is 0 Å². The minimum absolute atomic E-state index is 0.0515. The van der Waals surface area contributed by atoms with Crippen molar-refractivity contribution in [2.45, 2.75) is 43.3 Å². The predicted octanol–water partition coefficient (Wildman–Crippen LogP) is 2.09. The molecular formula is C18H24N4O3S2. The topological polar surface area (TPSA) is 85.2 Å². The summed E-state index contributed by atoms with van der Waals surface area (Å²) in [4.78, 5) is 14.4. The van der Waals surface area contributed by atoms with E-state index in [1.165, 1.54) is 11.8 Å². The zero-order valence-electron chi connectivity index (χ0n) is 15.7. The Morgan fingerprint density at radius 2 is 2.04 bits per heavy atom. The molecule has 0 radical (unpaired) electrons. The summed E-state index contributed by atoms with van der Waals surface area (Å²) in [6.45, 7) is 4.53. The third kappa shape index (κ3) is 4.35. The predicted molar refractivity (Wildman–Crippen MR) is 106 cm³/mol. The summed E-state index contributed by atoms with van der Waals surface area (Å²) < 4.78 is 25.4. The first kappa shape index (κ1) is 19.9. The minimum atomic E-state index is -3.02. The fraction of sp³-hybridized carbons (Fsp3) is 0.500. The number of thioether (sulfide) groups is 1. The number of nitrogens with zero attached hydrogens (tertiary/aromatic N) is 4. The molecule has 2 aromatic rings. The standard InChI is InChI=1S/C18H24N4O3S2/c1-4-22-16(14-8-6-5-7-9-14)19-20-18(22)26-13(2)17(23)21(3)15-10-11-27(24,25)12-15/h5-9,13,15H,4,10-12H2,1-3H3/t13-,15-/m1/s1. The van der Waals surface area contributed by atoms with Crippen molar-refractivity contribution in [3.8, 4) is 11.4 Å². The third-order valence-electron chi connectivity index (χ3n) is 4.80. The molecule has 146 valence electrons. The second-order valence-electron chi connectivity index (χ2n) is 6.68. The zero-order chi connectivity index (χ0) is 19.6. The van der Waals surface area contributed by atoms with Gasteiger partial charge in [0.1, 0.15) is 0 Å². The summed E-state index contributed by atoms with van der Waals surface area (Å²) in [6.07, 6.45) is 0.505. The Morgan fingerprint density at radius 3 is 2.63 bits per heavy atom. The van der Waals surface area contributed by atoms with Gasteiger partial charge in [-0.05, 0) is 20.3 Å². The van der Waals surface area contributed by atoms with Gasteiger partial charge in [-0.2, -0.15) is 0 Å². The lowest BCUT2D eigenvalue weighted by molar-refractivity contribution is -0.130. The maximum absolute atomic E-state index is 12.8. The van der Waals surface area contributed by atoms with E-state index in [9.17, 15) is 13.2 Å². The first-order chi connectivity index (χ1) is 12.8. The molecule has 27 heavy (non-hydrogen) atoms. The lowest BCUT2D eigenvalue weighted by atomic mass is 10.2. The second kappa shape index (κ2) is 8.02. The van der Waals surface area contributed by atoms with Crippen LogP contribution in [-0.4, -0.2) is 63.8 Å². The summed E-state index contributed by atoms with van der Waals surface area (Å²) in [7, 11) is -1.34. The molecule has 0 N–H and O–H groups in total. The lowest BCUT2D eigenvalue weighted by Crippen LogP contribution is -2.41. The van der Waals surface area contributed by atoms with Crippen LogP contribution in [0.5, 0.6) is 0 Å². The molecule has 1 aromatic heterocycles. The Bertz CT molecular complexity index is 912. The number of benzene rings is 1. The third-order valence-corrected chi connectivity index (χ3v) is 7.62. The van der Waals surface area contributed by atoms with Gasteiger partial charge in [0.25, 0.3) is 0 Å². The Morgan fingerprint density at radius 1 is 1.33 bits per heavy atom. The van der Waals surface area contributed by atoms with Crippen LogP contribution in [0.1, 0.15) is 20.3 Å². The van der Waals surface area contributed by atoms with Crippen molar-refractivity contribution in [3.05, 3.63) is 30.3 Å². The van der Waals surface area contributed by atoms with Crippen molar-refractivity contribution in [1.29, 1.82) is 0 Å². The van der Waals surface area contributed by atoms with Gasteiger partial charge in [-0.3, -0.25) is 4.79 Å². The van der Waals surface area contributed by atoms with Crippen molar-refractivity contribution in [1.82, 2.24) is 19.7 Å². The Hall–Kier alpha value is -1.87. The van der Waals surface area contributed by atoms with Gasteiger partial charge in [-0.25, -0.2) is 8.42 Å². The first-order valence-corrected chi connectivity index (χ1v) is 11.6. The Balaban J connectivity index is 1.73.